The number of amides is 2. The Labute approximate surface area is 205 Å². The second-order valence-corrected chi connectivity index (χ2v) is 9.77. The molecule has 0 aromatic heterocycles. The summed E-state index contributed by atoms with van der Waals surface area (Å²) in [6, 6.07) is 5.23. The third kappa shape index (κ3) is 8.92. The highest BCUT2D eigenvalue weighted by Gasteiger charge is 2.26. The number of nitrogens with two attached hydrogens (primary N) is 2. The molecule has 1 aromatic carbocycles. The zero-order chi connectivity index (χ0) is 24.8. The van der Waals surface area contributed by atoms with Crippen molar-refractivity contribution in [1.82, 2.24) is 19.7 Å². The molecule has 0 unspecified atom stereocenters. The van der Waals surface area contributed by atoms with Gasteiger partial charge in [-0.25, -0.2) is 10.6 Å². The maximum Gasteiger partial charge on any atom is 0.416 e. The maximum atomic E-state index is 12.9. The Morgan fingerprint density at radius 2 is 1.79 bits per heavy atom. The third-order valence-electron chi connectivity index (χ3n) is 5.03. The summed E-state index contributed by atoms with van der Waals surface area (Å²) >= 11 is 12.0. The lowest BCUT2D eigenvalue weighted by Crippen LogP contribution is -2.50. The Kier molecular flexibility index (Phi) is 9.66. The molecule has 1 saturated heterocycles. The molecule has 33 heavy (non-hydrogen) atoms. The van der Waals surface area contributed by atoms with E-state index in [1.54, 1.807) is 39.8 Å². The van der Waals surface area contributed by atoms with Crippen LogP contribution in [0.15, 0.2) is 30.2 Å². The van der Waals surface area contributed by atoms with E-state index in [2.05, 4.69) is 4.90 Å². The maximum absolute atomic E-state index is 12.9. The Morgan fingerprint density at radius 3 is 2.33 bits per heavy atom. The molecule has 184 valence electrons. The van der Waals surface area contributed by atoms with Crippen LogP contribution < -0.4 is 11.6 Å². The van der Waals surface area contributed by atoms with Crippen LogP contribution in [0.5, 0.6) is 0 Å². The average molecular weight is 501 g/mol. The van der Waals surface area contributed by atoms with Crippen LogP contribution in [0.3, 0.4) is 0 Å². The first-order valence-electron chi connectivity index (χ1n) is 10.8. The van der Waals surface area contributed by atoms with E-state index < -0.39 is 11.7 Å². The van der Waals surface area contributed by atoms with Crippen molar-refractivity contribution in [3.8, 4) is 0 Å². The van der Waals surface area contributed by atoms with Gasteiger partial charge in [0.15, 0.2) is 0 Å². The van der Waals surface area contributed by atoms with Gasteiger partial charge in [0.2, 0.25) is 5.91 Å². The van der Waals surface area contributed by atoms with Crippen LogP contribution in [0.1, 0.15) is 33.3 Å². The summed E-state index contributed by atoms with van der Waals surface area (Å²) in [6.07, 6.45) is 0.932. The SMILES string of the molecule is CC(=O)N1CCN(CCN(C(=O)OC(C)(C)C)/C(N)=C/N(N)Cc2ccc(Cl)c(Cl)c2)CC1. The fraction of sp³-hybridized carbons (Fsp3) is 0.545. The van der Waals surface area contributed by atoms with Crippen molar-refractivity contribution in [2.45, 2.75) is 39.8 Å². The summed E-state index contributed by atoms with van der Waals surface area (Å²) in [7, 11) is 0. The van der Waals surface area contributed by atoms with E-state index in [0.29, 0.717) is 42.8 Å². The molecule has 0 radical (unpaired) electrons. The molecule has 1 fully saturated rings. The standard InChI is InChI=1S/C22H34Cl2N6O3/c1-16(31)28-10-7-27(8-11-28)9-12-30(21(32)33-22(2,3)4)20(25)15-29(26)14-17-5-6-18(23)19(24)13-17/h5-6,13,15H,7-12,14,25-26H2,1-4H3/b20-15+. The molecule has 0 atom stereocenters. The van der Waals surface area contributed by atoms with Gasteiger partial charge in [-0.1, -0.05) is 29.3 Å². The van der Waals surface area contributed by atoms with Gasteiger partial charge in [0.25, 0.3) is 0 Å². The lowest BCUT2D eigenvalue weighted by Gasteiger charge is -2.35. The fourth-order valence-corrected chi connectivity index (χ4v) is 3.63. The summed E-state index contributed by atoms with van der Waals surface area (Å²) in [5, 5.41) is 2.26. The highest BCUT2D eigenvalue weighted by molar-refractivity contribution is 6.42. The molecule has 1 aromatic rings. The summed E-state index contributed by atoms with van der Waals surface area (Å²) in [4.78, 5) is 29.8. The summed E-state index contributed by atoms with van der Waals surface area (Å²) < 4.78 is 5.54. The quantitative estimate of drug-likeness (QED) is 0.437. The number of hydrogen-bond acceptors (Lipinski definition) is 7. The first-order valence-corrected chi connectivity index (χ1v) is 11.5. The number of halogens is 2. The number of hydrazine groups is 1. The van der Waals surface area contributed by atoms with Crippen molar-refractivity contribution in [3.05, 3.63) is 45.8 Å². The summed E-state index contributed by atoms with van der Waals surface area (Å²) in [6.45, 7) is 10.9. The topological polar surface area (TPSA) is 108 Å². The molecule has 4 N–H and O–H groups in total. The normalized spacial score (nSPS) is 15.4. The molecular weight excluding hydrogens is 467 g/mol. The predicted octanol–water partition coefficient (Wildman–Crippen LogP) is 2.83. The minimum atomic E-state index is -0.675. The van der Waals surface area contributed by atoms with Gasteiger partial charge in [0.05, 0.1) is 22.8 Å². The minimum Gasteiger partial charge on any atom is -0.443 e. The van der Waals surface area contributed by atoms with Gasteiger partial charge in [0, 0.05) is 46.2 Å². The molecule has 1 aliphatic rings. The number of ether oxygens (including phenoxy) is 1. The molecule has 0 spiro atoms. The highest BCUT2D eigenvalue weighted by atomic mass is 35.5. The summed E-state index contributed by atoms with van der Waals surface area (Å²) in [5.41, 5.74) is 6.43. The van der Waals surface area contributed by atoms with E-state index in [1.807, 2.05) is 11.0 Å². The van der Waals surface area contributed by atoms with Crippen molar-refractivity contribution >= 4 is 35.2 Å². The number of benzene rings is 1. The second kappa shape index (κ2) is 11.8. The average Bonchev–Trinajstić information content (AvgIpc) is 2.69. The fourth-order valence-electron chi connectivity index (χ4n) is 3.30. The molecule has 1 heterocycles. The number of carbonyl (C=O) groups excluding carboxylic acids is 2. The van der Waals surface area contributed by atoms with Gasteiger partial charge in [-0.05, 0) is 38.5 Å². The lowest BCUT2D eigenvalue weighted by atomic mass is 10.2. The summed E-state index contributed by atoms with van der Waals surface area (Å²) in [5.74, 6) is 6.35. The Morgan fingerprint density at radius 1 is 1.15 bits per heavy atom. The van der Waals surface area contributed by atoms with Crippen LogP contribution in [0.2, 0.25) is 10.0 Å². The van der Waals surface area contributed by atoms with E-state index in [1.165, 1.54) is 16.1 Å². The Balaban J connectivity index is 2.07. The Bertz CT molecular complexity index is 866. The van der Waals surface area contributed by atoms with Crippen molar-refractivity contribution in [2.75, 3.05) is 39.3 Å². The molecule has 0 bridgehead atoms. The number of rotatable bonds is 7. The molecule has 9 nitrogen and oxygen atoms in total. The number of hydrogen-bond donors (Lipinski definition) is 2. The van der Waals surface area contributed by atoms with Crippen LogP contribution in [0, 0.1) is 0 Å². The first kappa shape index (κ1) is 27.0. The molecule has 1 aliphatic heterocycles. The van der Waals surface area contributed by atoms with Gasteiger partial charge in [-0.2, -0.15) is 0 Å². The zero-order valence-corrected chi connectivity index (χ0v) is 21.2. The molecular formula is C22H34Cl2N6O3. The minimum absolute atomic E-state index is 0.0715. The number of piperazine rings is 1. The monoisotopic (exact) mass is 500 g/mol. The van der Waals surface area contributed by atoms with Crippen molar-refractivity contribution in [1.29, 1.82) is 0 Å². The third-order valence-corrected chi connectivity index (χ3v) is 5.77. The van der Waals surface area contributed by atoms with E-state index in [0.717, 1.165) is 18.7 Å². The van der Waals surface area contributed by atoms with E-state index in [-0.39, 0.29) is 11.7 Å². The van der Waals surface area contributed by atoms with Gasteiger partial charge in [-0.15, -0.1) is 0 Å². The highest BCUT2D eigenvalue weighted by Crippen LogP contribution is 2.23. The predicted molar refractivity (Wildman–Crippen MR) is 130 cm³/mol. The smallest absolute Gasteiger partial charge is 0.416 e. The van der Waals surface area contributed by atoms with Gasteiger partial charge in [0.1, 0.15) is 11.4 Å². The van der Waals surface area contributed by atoms with E-state index in [9.17, 15) is 9.59 Å². The van der Waals surface area contributed by atoms with Crippen molar-refractivity contribution in [3.63, 3.8) is 0 Å². The lowest BCUT2D eigenvalue weighted by molar-refractivity contribution is -0.130. The largest absolute Gasteiger partial charge is 0.443 e. The molecule has 0 saturated carbocycles. The van der Waals surface area contributed by atoms with E-state index in [4.69, 9.17) is 39.5 Å². The van der Waals surface area contributed by atoms with Gasteiger partial charge < -0.3 is 20.4 Å². The number of nitrogens with zero attached hydrogens (tertiary/aromatic N) is 4. The van der Waals surface area contributed by atoms with Crippen molar-refractivity contribution in [2.24, 2.45) is 11.6 Å². The molecule has 11 heteroatoms. The van der Waals surface area contributed by atoms with Crippen LogP contribution in [-0.4, -0.2) is 76.6 Å². The zero-order valence-electron chi connectivity index (χ0n) is 19.7. The van der Waals surface area contributed by atoms with Crippen LogP contribution >= 0.6 is 23.2 Å². The van der Waals surface area contributed by atoms with Crippen LogP contribution in [0.4, 0.5) is 4.79 Å². The number of carbonyl (C=O) groups is 2. The van der Waals surface area contributed by atoms with Crippen LogP contribution in [0.25, 0.3) is 0 Å². The van der Waals surface area contributed by atoms with E-state index >= 15 is 0 Å². The Hall–Kier alpha value is -2.20. The van der Waals surface area contributed by atoms with Crippen molar-refractivity contribution < 1.29 is 14.3 Å². The molecule has 0 aliphatic carbocycles. The molecule has 2 rings (SSSR count). The molecule has 2 amide bonds. The second-order valence-electron chi connectivity index (χ2n) is 8.95. The van der Waals surface area contributed by atoms with Crippen LogP contribution in [-0.2, 0) is 16.1 Å². The van der Waals surface area contributed by atoms with Gasteiger partial charge in [-0.3, -0.25) is 14.6 Å². The van der Waals surface area contributed by atoms with Gasteiger partial charge >= 0.3 is 6.09 Å². The first-order chi connectivity index (χ1) is 15.4.